The molecule has 1 aliphatic rings. The lowest BCUT2D eigenvalue weighted by Crippen LogP contribution is -2.50. The van der Waals surface area contributed by atoms with Crippen LogP contribution in [0.5, 0.6) is 5.75 Å². The van der Waals surface area contributed by atoms with Crippen LogP contribution in [0.4, 0.5) is 10.5 Å². The minimum absolute atomic E-state index is 0.139. The molecular weight excluding hydrogens is 322 g/mol. The lowest BCUT2D eigenvalue weighted by molar-refractivity contribution is 0.0452. The molecule has 1 atom stereocenters. The summed E-state index contributed by atoms with van der Waals surface area (Å²) in [6.45, 7) is 6.50. The van der Waals surface area contributed by atoms with E-state index in [0.29, 0.717) is 30.1 Å². The summed E-state index contributed by atoms with van der Waals surface area (Å²) in [5, 5.41) is 2.84. The van der Waals surface area contributed by atoms with Gasteiger partial charge in [0.2, 0.25) is 0 Å². The number of piperidine rings is 1. The van der Waals surface area contributed by atoms with Crippen LogP contribution in [0, 0.1) is 0 Å². The van der Waals surface area contributed by atoms with Crippen LogP contribution in [-0.2, 0) is 4.74 Å². The summed E-state index contributed by atoms with van der Waals surface area (Å²) in [6.07, 6.45) is 1.14. The smallest absolute Gasteiger partial charge is 0.407 e. The molecule has 1 unspecified atom stereocenters. The number of para-hydroxylation sites is 1. The first-order chi connectivity index (χ1) is 11.7. The fourth-order valence-electron chi connectivity index (χ4n) is 2.83. The minimum atomic E-state index is -0.552. The Morgan fingerprint density at radius 3 is 2.68 bits per heavy atom. The lowest BCUT2D eigenvalue weighted by Gasteiger charge is -2.34. The van der Waals surface area contributed by atoms with E-state index in [1.807, 2.05) is 20.8 Å². The van der Waals surface area contributed by atoms with Gasteiger partial charge in [-0.2, -0.15) is 0 Å². The molecule has 1 aliphatic heterocycles. The number of nitrogens with two attached hydrogens (primary N) is 1. The van der Waals surface area contributed by atoms with E-state index in [2.05, 4.69) is 5.32 Å². The molecule has 2 rings (SSSR count). The topological polar surface area (TPSA) is 93.9 Å². The van der Waals surface area contributed by atoms with Crippen molar-refractivity contribution in [2.24, 2.45) is 0 Å². The Hall–Kier alpha value is -2.44. The zero-order valence-corrected chi connectivity index (χ0v) is 15.3. The second kappa shape index (κ2) is 7.63. The number of amides is 2. The van der Waals surface area contributed by atoms with Crippen molar-refractivity contribution in [3.63, 3.8) is 0 Å². The van der Waals surface area contributed by atoms with Gasteiger partial charge >= 0.3 is 6.09 Å². The summed E-state index contributed by atoms with van der Waals surface area (Å²) >= 11 is 0. The van der Waals surface area contributed by atoms with Gasteiger partial charge < -0.3 is 25.4 Å². The zero-order chi connectivity index (χ0) is 18.6. The highest BCUT2D eigenvalue weighted by Gasteiger charge is 2.28. The SMILES string of the molecule is COc1cccc(C(=O)N2CCCC(NC(=O)OC(C)(C)C)C2)c1N. The minimum Gasteiger partial charge on any atom is -0.495 e. The van der Waals surface area contributed by atoms with Crippen molar-refractivity contribution < 1.29 is 19.1 Å². The third-order valence-electron chi connectivity index (χ3n) is 3.95. The van der Waals surface area contributed by atoms with Crippen LogP contribution in [0.3, 0.4) is 0 Å². The first kappa shape index (κ1) is 18.9. The molecule has 0 aliphatic carbocycles. The highest BCUT2D eigenvalue weighted by Crippen LogP contribution is 2.26. The van der Waals surface area contributed by atoms with Gasteiger partial charge in [-0.25, -0.2) is 4.79 Å². The monoisotopic (exact) mass is 349 g/mol. The number of alkyl carbamates (subject to hydrolysis) is 1. The second-order valence-corrected chi connectivity index (χ2v) is 7.16. The number of ether oxygens (including phenoxy) is 2. The quantitative estimate of drug-likeness (QED) is 0.817. The summed E-state index contributed by atoms with van der Waals surface area (Å²) in [4.78, 5) is 26.4. The number of methoxy groups -OCH3 is 1. The molecule has 1 aromatic carbocycles. The number of nitrogens with one attached hydrogen (secondary N) is 1. The van der Waals surface area contributed by atoms with E-state index in [1.165, 1.54) is 7.11 Å². The number of likely N-dealkylation sites (tertiary alicyclic amines) is 1. The van der Waals surface area contributed by atoms with E-state index in [-0.39, 0.29) is 11.9 Å². The highest BCUT2D eigenvalue weighted by atomic mass is 16.6. The first-order valence-corrected chi connectivity index (χ1v) is 8.42. The molecule has 25 heavy (non-hydrogen) atoms. The molecule has 0 bridgehead atoms. The fraction of sp³-hybridized carbons (Fsp3) is 0.556. The molecule has 3 N–H and O–H groups in total. The van der Waals surface area contributed by atoms with Gasteiger partial charge in [0.25, 0.3) is 5.91 Å². The van der Waals surface area contributed by atoms with E-state index < -0.39 is 11.7 Å². The van der Waals surface area contributed by atoms with Crippen LogP contribution in [0.1, 0.15) is 44.0 Å². The Kier molecular flexibility index (Phi) is 5.77. The van der Waals surface area contributed by atoms with Gasteiger partial charge in [0, 0.05) is 19.1 Å². The van der Waals surface area contributed by atoms with Gasteiger partial charge in [0.1, 0.15) is 11.4 Å². The van der Waals surface area contributed by atoms with Crippen molar-refractivity contribution in [3.8, 4) is 5.75 Å². The first-order valence-electron chi connectivity index (χ1n) is 8.42. The van der Waals surface area contributed by atoms with Gasteiger partial charge in [-0.05, 0) is 45.7 Å². The zero-order valence-electron chi connectivity index (χ0n) is 15.3. The van der Waals surface area contributed by atoms with Crippen LogP contribution in [-0.4, -0.2) is 48.7 Å². The molecule has 0 saturated carbocycles. The van der Waals surface area contributed by atoms with Crippen molar-refractivity contribution >= 4 is 17.7 Å². The maximum absolute atomic E-state index is 12.8. The standard InChI is InChI=1S/C18H27N3O4/c1-18(2,3)25-17(23)20-12-7-6-10-21(11-12)16(22)13-8-5-9-14(24-4)15(13)19/h5,8-9,12H,6-7,10-11,19H2,1-4H3,(H,20,23). The largest absolute Gasteiger partial charge is 0.495 e. The maximum atomic E-state index is 12.8. The van der Waals surface area contributed by atoms with E-state index in [0.717, 1.165) is 12.8 Å². The number of hydrogen-bond donors (Lipinski definition) is 2. The average Bonchev–Trinajstić information content (AvgIpc) is 2.53. The Morgan fingerprint density at radius 1 is 1.32 bits per heavy atom. The molecule has 138 valence electrons. The van der Waals surface area contributed by atoms with E-state index >= 15 is 0 Å². The van der Waals surface area contributed by atoms with E-state index in [4.69, 9.17) is 15.2 Å². The number of nitrogens with zero attached hydrogens (tertiary/aromatic N) is 1. The van der Waals surface area contributed by atoms with E-state index in [1.54, 1.807) is 23.1 Å². The van der Waals surface area contributed by atoms with Gasteiger partial charge in [-0.15, -0.1) is 0 Å². The van der Waals surface area contributed by atoms with Crippen molar-refractivity contribution in [3.05, 3.63) is 23.8 Å². The van der Waals surface area contributed by atoms with E-state index in [9.17, 15) is 9.59 Å². The molecule has 2 amide bonds. The van der Waals surface area contributed by atoms with Crippen LogP contribution < -0.4 is 15.8 Å². The van der Waals surface area contributed by atoms with Crippen molar-refractivity contribution in [1.82, 2.24) is 10.2 Å². The number of carbonyl (C=O) groups excluding carboxylic acids is 2. The number of rotatable bonds is 3. The van der Waals surface area contributed by atoms with Crippen molar-refractivity contribution in [2.45, 2.75) is 45.3 Å². The second-order valence-electron chi connectivity index (χ2n) is 7.16. The summed E-state index contributed by atoms with van der Waals surface area (Å²) in [5.41, 5.74) is 6.22. The summed E-state index contributed by atoms with van der Waals surface area (Å²) in [5.74, 6) is 0.318. The summed E-state index contributed by atoms with van der Waals surface area (Å²) < 4.78 is 10.5. The Labute approximate surface area is 148 Å². The maximum Gasteiger partial charge on any atom is 0.407 e. The summed E-state index contributed by atoms with van der Waals surface area (Å²) in [7, 11) is 1.52. The molecule has 0 radical (unpaired) electrons. The fourth-order valence-corrected chi connectivity index (χ4v) is 2.83. The van der Waals surface area contributed by atoms with Gasteiger partial charge in [0.05, 0.1) is 18.4 Å². The van der Waals surface area contributed by atoms with Crippen LogP contribution >= 0.6 is 0 Å². The number of nitrogen functional groups attached to an aromatic ring is 1. The number of hydrogen-bond acceptors (Lipinski definition) is 5. The lowest BCUT2D eigenvalue weighted by atomic mass is 10.0. The Balaban J connectivity index is 2.03. The molecule has 1 aromatic rings. The third kappa shape index (κ3) is 5.01. The average molecular weight is 349 g/mol. The molecule has 1 fully saturated rings. The Morgan fingerprint density at radius 2 is 2.04 bits per heavy atom. The van der Waals surface area contributed by atoms with Crippen molar-refractivity contribution in [2.75, 3.05) is 25.9 Å². The molecule has 7 nitrogen and oxygen atoms in total. The predicted molar refractivity (Wildman–Crippen MR) is 95.7 cm³/mol. The summed E-state index contributed by atoms with van der Waals surface area (Å²) in [6, 6.07) is 5.00. The number of carbonyl (C=O) groups is 2. The molecule has 0 aromatic heterocycles. The predicted octanol–water partition coefficient (Wildman–Crippen LogP) is 2.41. The Bertz CT molecular complexity index is 640. The van der Waals surface area contributed by atoms with Crippen LogP contribution in [0.15, 0.2) is 18.2 Å². The third-order valence-corrected chi connectivity index (χ3v) is 3.95. The van der Waals surface area contributed by atoms with Crippen LogP contribution in [0.25, 0.3) is 0 Å². The molecular formula is C18H27N3O4. The molecule has 0 spiro atoms. The normalized spacial score (nSPS) is 17.8. The highest BCUT2D eigenvalue weighted by molar-refractivity contribution is 6.00. The van der Waals surface area contributed by atoms with Crippen LogP contribution in [0.2, 0.25) is 0 Å². The number of anilines is 1. The molecule has 1 saturated heterocycles. The van der Waals surface area contributed by atoms with Gasteiger partial charge in [-0.1, -0.05) is 6.07 Å². The molecule has 7 heteroatoms. The molecule has 1 heterocycles. The van der Waals surface area contributed by atoms with Gasteiger partial charge in [-0.3, -0.25) is 4.79 Å². The van der Waals surface area contributed by atoms with Gasteiger partial charge in [0.15, 0.2) is 0 Å². The number of benzene rings is 1. The van der Waals surface area contributed by atoms with Crippen molar-refractivity contribution in [1.29, 1.82) is 0 Å².